The highest BCUT2D eigenvalue weighted by atomic mass is 15.2. The molecule has 0 amide bonds. The molecule has 19 heavy (non-hydrogen) atoms. The number of benzene rings is 1. The first-order valence-electron chi connectivity index (χ1n) is 7.33. The molecule has 0 fully saturated rings. The van der Waals surface area contributed by atoms with Crippen LogP contribution in [0.1, 0.15) is 50.8 Å². The summed E-state index contributed by atoms with van der Waals surface area (Å²) in [5.41, 5.74) is 3.53. The SMILES string of the molecule is CC(C)N(C(C)C)[C@@H]1CCc2cccc(C#N)c2C1. The van der Waals surface area contributed by atoms with Crippen LogP contribution in [-0.4, -0.2) is 23.0 Å². The van der Waals surface area contributed by atoms with Crippen LogP contribution in [0.15, 0.2) is 18.2 Å². The van der Waals surface area contributed by atoms with Crippen LogP contribution in [0.3, 0.4) is 0 Å². The lowest BCUT2D eigenvalue weighted by Crippen LogP contribution is -2.47. The van der Waals surface area contributed by atoms with Gasteiger partial charge in [-0.05, 0) is 64.2 Å². The molecule has 0 aliphatic heterocycles. The Morgan fingerprint density at radius 2 is 1.89 bits per heavy atom. The van der Waals surface area contributed by atoms with Crippen molar-refractivity contribution in [1.82, 2.24) is 4.90 Å². The average Bonchev–Trinajstić information content (AvgIpc) is 2.37. The predicted molar refractivity (Wildman–Crippen MR) is 79.1 cm³/mol. The molecule has 0 spiro atoms. The maximum Gasteiger partial charge on any atom is 0.0994 e. The van der Waals surface area contributed by atoms with Gasteiger partial charge in [0, 0.05) is 18.1 Å². The van der Waals surface area contributed by atoms with Crippen molar-refractivity contribution in [2.24, 2.45) is 0 Å². The van der Waals surface area contributed by atoms with E-state index in [4.69, 9.17) is 0 Å². The van der Waals surface area contributed by atoms with Gasteiger partial charge in [-0.2, -0.15) is 5.26 Å². The highest BCUT2D eigenvalue weighted by Gasteiger charge is 2.28. The van der Waals surface area contributed by atoms with E-state index in [0.717, 1.165) is 18.4 Å². The first-order valence-corrected chi connectivity index (χ1v) is 7.33. The standard InChI is InChI=1S/C17H24N2/c1-12(2)19(13(3)4)16-9-8-14-6-5-7-15(11-18)17(14)10-16/h5-7,12-13,16H,8-10H2,1-4H3/t16-/m1/s1. The van der Waals surface area contributed by atoms with E-state index in [2.05, 4.69) is 44.7 Å². The molecule has 0 aromatic heterocycles. The number of hydrogen-bond acceptors (Lipinski definition) is 2. The van der Waals surface area contributed by atoms with Crippen LogP contribution in [0.2, 0.25) is 0 Å². The van der Waals surface area contributed by atoms with E-state index < -0.39 is 0 Å². The Kier molecular flexibility index (Phi) is 4.27. The Morgan fingerprint density at radius 1 is 1.21 bits per heavy atom. The zero-order valence-electron chi connectivity index (χ0n) is 12.5. The van der Waals surface area contributed by atoms with Gasteiger partial charge in [-0.25, -0.2) is 0 Å². The summed E-state index contributed by atoms with van der Waals surface area (Å²) < 4.78 is 0. The van der Waals surface area contributed by atoms with Crippen molar-refractivity contribution in [2.45, 2.75) is 65.1 Å². The molecule has 2 heteroatoms. The molecule has 0 heterocycles. The van der Waals surface area contributed by atoms with Crippen molar-refractivity contribution in [3.05, 3.63) is 34.9 Å². The molecule has 0 N–H and O–H groups in total. The van der Waals surface area contributed by atoms with E-state index in [9.17, 15) is 5.26 Å². The molecule has 1 aliphatic rings. The van der Waals surface area contributed by atoms with E-state index in [1.165, 1.54) is 17.5 Å². The van der Waals surface area contributed by atoms with Gasteiger partial charge in [-0.3, -0.25) is 4.90 Å². The maximum atomic E-state index is 9.27. The van der Waals surface area contributed by atoms with E-state index in [-0.39, 0.29) is 0 Å². The van der Waals surface area contributed by atoms with Crippen molar-refractivity contribution >= 4 is 0 Å². The molecular weight excluding hydrogens is 232 g/mol. The van der Waals surface area contributed by atoms with Gasteiger partial charge in [0.25, 0.3) is 0 Å². The minimum Gasteiger partial charge on any atom is -0.295 e. The third kappa shape index (κ3) is 2.82. The summed E-state index contributed by atoms with van der Waals surface area (Å²) >= 11 is 0. The maximum absolute atomic E-state index is 9.27. The average molecular weight is 256 g/mol. The molecule has 0 saturated heterocycles. The van der Waals surface area contributed by atoms with Gasteiger partial charge in [0.05, 0.1) is 11.6 Å². The number of nitrogens with zero attached hydrogens (tertiary/aromatic N) is 2. The first kappa shape index (κ1) is 14.1. The number of aryl methyl sites for hydroxylation is 1. The second-order valence-electron chi connectivity index (χ2n) is 6.09. The fourth-order valence-electron chi connectivity index (χ4n) is 3.57. The van der Waals surface area contributed by atoms with Gasteiger partial charge in [0.15, 0.2) is 0 Å². The number of hydrogen-bond donors (Lipinski definition) is 0. The van der Waals surface area contributed by atoms with Crippen LogP contribution in [0.25, 0.3) is 0 Å². The third-order valence-electron chi connectivity index (χ3n) is 4.19. The van der Waals surface area contributed by atoms with Crippen molar-refractivity contribution in [3.63, 3.8) is 0 Å². The quantitative estimate of drug-likeness (QED) is 0.827. The van der Waals surface area contributed by atoms with Crippen LogP contribution in [-0.2, 0) is 12.8 Å². The highest BCUT2D eigenvalue weighted by Crippen LogP contribution is 2.29. The van der Waals surface area contributed by atoms with Crippen LogP contribution in [0.4, 0.5) is 0 Å². The van der Waals surface area contributed by atoms with E-state index in [1.807, 2.05) is 12.1 Å². The first-order chi connectivity index (χ1) is 9.04. The Hall–Kier alpha value is -1.33. The van der Waals surface area contributed by atoms with Crippen LogP contribution in [0, 0.1) is 11.3 Å². The highest BCUT2D eigenvalue weighted by molar-refractivity contribution is 5.44. The second-order valence-corrected chi connectivity index (χ2v) is 6.09. The van der Waals surface area contributed by atoms with E-state index in [0.29, 0.717) is 18.1 Å². The smallest absolute Gasteiger partial charge is 0.0994 e. The van der Waals surface area contributed by atoms with Crippen molar-refractivity contribution in [3.8, 4) is 6.07 Å². The molecule has 0 radical (unpaired) electrons. The molecule has 0 bridgehead atoms. The van der Waals surface area contributed by atoms with Crippen LogP contribution < -0.4 is 0 Å². The van der Waals surface area contributed by atoms with Gasteiger partial charge in [0.2, 0.25) is 0 Å². The molecule has 1 aliphatic carbocycles. The minimum absolute atomic E-state index is 0.556. The summed E-state index contributed by atoms with van der Waals surface area (Å²) in [6.07, 6.45) is 3.33. The largest absolute Gasteiger partial charge is 0.295 e. The fourth-order valence-corrected chi connectivity index (χ4v) is 3.57. The fraction of sp³-hybridized carbons (Fsp3) is 0.588. The Balaban J connectivity index is 2.29. The summed E-state index contributed by atoms with van der Waals surface area (Å²) in [4.78, 5) is 2.59. The predicted octanol–water partition coefficient (Wildman–Crippen LogP) is 3.53. The molecule has 1 aromatic carbocycles. The molecule has 1 atom stereocenters. The third-order valence-corrected chi connectivity index (χ3v) is 4.19. The molecule has 2 rings (SSSR count). The summed E-state index contributed by atoms with van der Waals surface area (Å²) in [5, 5.41) is 9.27. The Morgan fingerprint density at radius 3 is 2.47 bits per heavy atom. The molecule has 0 saturated carbocycles. The number of rotatable bonds is 3. The monoisotopic (exact) mass is 256 g/mol. The second kappa shape index (κ2) is 5.75. The minimum atomic E-state index is 0.556. The lowest BCUT2D eigenvalue weighted by atomic mass is 9.84. The van der Waals surface area contributed by atoms with Gasteiger partial charge in [-0.1, -0.05) is 12.1 Å². The van der Waals surface area contributed by atoms with E-state index in [1.54, 1.807) is 0 Å². The summed E-state index contributed by atoms with van der Waals surface area (Å²) in [6.45, 7) is 9.08. The van der Waals surface area contributed by atoms with Gasteiger partial charge < -0.3 is 0 Å². The number of fused-ring (bicyclic) bond motifs is 1. The summed E-state index contributed by atoms with van der Waals surface area (Å²) in [5.74, 6) is 0. The lowest BCUT2D eigenvalue weighted by molar-refractivity contribution is 0.102. The van der Waals surface area contributed by atoms with Crippen molar-refractivity contribution in [1.29, 1.82) is 5.26 Å². The van der Waals surface area contributed by atoms with Gasteiger partial charge in [0.1, 0.15) is 0 Å². The molecule has 1 aromatic rings. The van der Waals surface area contributed by atoms with Crippen molar-refractivity contribution in [2.75, 3.05) is 0 Å². The zero-order chi connectivity index (χ0) is 14.0. The normalized spacial score (nSPS) is 18.7. The number of nitriles is 1. The summed E-state index contributed by atoms with van der Waals surface area (Å²) in [6, 6.07) is 10.2. The molecular formula is C17H24N2. The Labute approximate surface area is 117 Å². The summed E-state index contributed by atoms with van der Waals surface area (Å²) in [7, 11) is 0. The van der Waals surface area contributed by atoms with Crippen molar-refractivity contribution < 1.29 is 0 Å². The van der Waals surface area contributed by atoms with Crippen LogP contribution in [0.5, 0.6) is 0 Å². The van der Waals surface area contributed by atoms with Crippen LogP contribution >= 0.6 is 0 Å². The lowest BCUT2D eigenvalue weighted by Gasteiger charge is -2.41. The zero-order valence-corrected chi connectivity index (χ0v) is 12.5. The molecule has 102 valence electrons. The van der Waals surface area contributed by atoms with Gasteiger partial charge in [-0.15, -0.1) is 0 Å². The van der Waals surface area contributed by atoms with Gasteiger partial charge >= 0.3 is 0 Å². The Bertz CT molecular complexity index is 475. The topological polar surface area (TPSA) is 27.0 Å². The molecule has 2 nitrogen and oxygen atoms in total. The molecule has 0 unspecified atom stereocenters. The van der Waals surface area contributed by atoms with E-state index >= 15 is 0 Å².